The van der Waals surface area contributed by atoms with Gasteiger partial charge in [0.2, 0.25) is 11.7 Å². The maximum Gasteiger partial charge on any atom is 0.409 e. The molecule has 210 valence electrons. The molecule has 2 rings (SSSR count). The predicted molar refractivity (Wildman–Crippen MR) is 140 cm³/mol. The zero-order valence-electron chi connectivity index (χ0n) is 20.7. The number of benzene rings is 1. The van der Waals surface area contributed by atoms with Crippen LogP contribution < -0.4 is 10.6 Å². The van der Waals surface area contributed by atoms with Gasteiger partial charge in [0.1, 0.15) is 0 Å². The van der Waals surface area contributed by atoms with Gasteiger partial charge < -0.3 is 40.3 Å². The molecule has 0 aliphatic carbocycles. The van der Waals surface area contributed by atoms with Crippen molar-refractivity contribution >= 4 is 53.8 Å². The van der Waals surface area contributed by atoms with Gasteiger partial charge in [-0.2, -0.15) is 0 Å². The molecular formula is C23H32ClN4O9P. The topological polar surface area (TPSA) is 199 Å². The number of anilines is 1. The number of halogens is 1. The maximum atomic E-state index is 12.4. The van der Waals surface area contributed by atoms with Crippen LogP contribution >= 0.6 is 19.2 Å². The van der Waals surface area contributed by atoms with Gasteiger partial charge >= 0.3 is 19.7 Å². The smallest absolute Gasteiger partial charge is 0.409 e. The number of hydrogen-bond donors (Lipinski definition) is 6. The Labute approximate surface area is 224 Å². The van der Waals surface area contributed by atoms with Crippen LogP contribution in [0.15, 0.2) is 30.5 Å². The van der Waals surface area contributed by atoms with E-state index >= 15 is 0 Å². The molecule has 1 heterocycles. The highest BCUT2D eigenvalue weighted by molar-refractivity contribution is 7.53. The Hall–Kier alpha value is -2.96. The molecular weight excluding hydrogens is 543 g/mol. The summed E-state index contributed by atoms with van der Waals surface area (Å²) in [4.78, 5) is 58.7. The van der Waals surface area contributed by atoms with E-state index in [4.69, 9.17) is 31.2 Å². The lowest BCUT2D eigenvalue weighted by Gasteiger charge is -2.23. The molecule has 0 spiro atoms. The Morgan fingerprint density at radius 3 is 2.58 bits per heavy atom. The number of nitrogens with one attached hydrogen (secondary N) is 2. The number of carboxylic acids is 1. The Morgan fingerprint density at radius 2 is 1.92 bits per heavy atom. The molecule has 2 aromatic rings. The van der Waals surface area contributed by atoms with E-state index in [1.54, 1.807) is 23.6 Å². The highest BCUT2D eigenvalue weighted by Crippen LogP contribution is 2.39. The van der Waals surface area contributed by atoms with Gasteiger partial charge in [0.15, 0.2) is 0 Å². The van der Waals surface area contributed by atoms with Crippen LogP contribution in [0.3, 0.4) is 0 Å². The lowest BCUT2D eigenvalue weighted by Crippen LogP contribution is -2.40. The number of aromatic nitrogens is 1. The van der Waals surface area contributed by atoms with E-state index in [9.17, 15) is 24.1 Å². The Balaban J connectivity index is 1.76. The standard InChI is InChI=1S/C23H32ClN4O9P/c1-15(26-18-8-9-25-19-14-16(24)6-7-17(18)19)4-2-10-28(11-12-29)23(33)37-13-3-5-20(30)27-21(22(31)32)38(34,35)36/h6-9,14-15,21,29H,2-5,10-13H2,1H3,(H,25,26)(H,27,30)(H,31,32)(H2,34,35,36). The van der Waals surface area contributed by atoms with Crippen molar-refractivity contribution in [1.82, 2.24) is 15.2 Å². The summed E-state index contributed by atoms with van der Waals surface area (Å²) in [6, 6.07) is 7.40. The van der Waals surface area contributed by atoms with E-state index < -0.39 is 31.3 Å². The van der Waals surface area contributed by atoms with Crippen molar-refractivity contribution in [3.8, 4) is 0 Å². The largest absolute Gasteiger partial charge is 0.479 e. The molecule has 0 aliphatic heterocycles. The highest BCUT2D eigenvalue weighted by atomic mass is 35.5. The molecule has 6 N–H and O–H groups in total. The van der Waals surface area contributed by atoms with E-state index in [0.717, 1.165) is 16.6 Å². The number of carboxylic acid groups (broad SMARTS) is 1. The van der Waals surface area contributed by atoms with E-state index in [-0.39, 0.29) is 38.6 Å². The Kier molecular flexibility index (Phi) is 12.2. The van der Waals surface area contributed by atoms with Crippen molar-refractivity contribution in [2.75, 3.05) is 31.6 Å². The number of nitrogens with zero attached hydrogens (tertiary/aromatic N) is 2. The summed E-state index contributed by atoms with van der Waals surface area (Å²) in [5, 5.41) is 24.9. The molecule has 2 unspecified atom stereocenters. The van der Waals surface area contributed by atoms with Crippen molar-refractivity contribution < 1.29 is 43.7 Å². The van der Waals surface area contributed by atoms with Gasteiger partial charge in [-0.1, -0.05) is 11.6 Å². The summed E-state index contributed by atoms with van der Waals surface area (Å²) in [7, 11) is -5.07. The highest BCUT2D eigenvalue weighted by Gasteiger charge is 2.36. The first-order chi connectivity index (χ1) is 17.9. The van der Waals surface area contributed by atoms with Crippen LogP contribution in [0.5, 0.6) is 0 Å². The quantitative estimate of drug-likeness (QED) is 0.135. The first-order valence-corrected chi connectivity index (χ1v) is 13.9. The maximum absolute atomic E-state index is 12.4. The molecule has 1 aromatic carbocycles. The van der Waals surface area contributed by atoms with Crippen molar-refractivity contribution in [3.05, 3.63) is 35.5 Å². The fourth-order valence-corrected chi connectivity index (χ4v) is 4.35. The molecule has 0 saturated heterocycles. The van der Waals surface area contributed by atoms with E-state index in [1.165, 1.54) is 4.90 Å². The summed E-state index contributed by atoms with van der Waals surface area (Å²) in [5.74, 6) is -5.11. The van der Waals surface area contributed by atoms with Gasteiger partial charge in [-0.05, 0) is 50.5 Å². The number of amides is 2. The lowest BCUT2D eigenvalue weighted by molar-refractivity contribution is -0.139. The summed E-state index contributed by atoms with van der Waals surface area (Å²) in [6.45, 7) is 1.93. The predicted octanol–water partition coefficient (Wildman–Crippen LogP) is 2.38. The average molecular weight is 575 g/mol. The van der Waals surface area contributed by atoms with Crippen LogP contribution in [0.25, 0.3) is 10.9 Å². The minimum Gasteiger partial charge on any atom is -0.479 e. The third kappa shape index (κ3) is 10.1. The van der Waals surface area contributed by atoms with Gasteiger partial charge in [0.05, 0.1) is 18.7 Å². The Morgan fingerprint density at radius 1 is 1.18 bits per heavy atom. The van der Waals surface area contributed by atoms with Crippen molar-refractivity contribution in [2.45, 2.75) is 44.4 Å². The molecule has 0 fully saturated rings. The number of aliphatic hydroxyl groups excluding tert-OH is 1. The van der Waals surface area contributed by atoms with E-state index in [0.29, 0.717) is 24.4 Å². The first kappa shape index (κ1) is 31.3. The number of fused-ring (bicyclic) bond motifs is 1. The number of aliphatic carboxylic acids is 1. The molecule has 0 radical (unpaired) electrons. The van der Waals surface area contributed by atoms with Crippen molar-refractivity contribution in [3.63, 3.8) is 0 Å². The summed E-state index contributed by atoms with van der Waals surface area (Å²) >= 11 is 6.04. The summed E-state index contributed by atoms with van der Waals surface area (Å²) < 4.78 is 16.3. The fourth-order valence-electron chi connectivity index (χ4n) is 3.59. The second-order valence-electron chi connectivity index (χ2n) is 8.53. The zero-order valence-corrected chi connectivity index (χ0v) is 22.4. The van der Waals surface area contributed by atoms with Crippen molar-refractivity contribution in [1.29, 1.82) is 0 Å². The number of aliphatic hydroxyl groups is 1. The number of carbonyl (C=O) groups is 3. The normalized spacial score (nSPS) is 13.0. The van der Waals surface area contributed by atoms with E-state index in [1.807, 2.05) is 19.1 Å². The third-order valence-electron chi connectivity index (χ3n) is 5.44. The van der Waals surface area contributed by atoms with Gasteiger partial charge in [0.25, 0.3) is 0 Å². The molecule has 0 bridgehead atoms. The molecule has 38 heavy (non-hydrogen) atoms. The third-order valence-corrected chi connectivity index (χ3v) is 6.70. The van der Waals surface area contributed by atoms with Crippen LogP contribution in [-0.4, -0.2) is 86.0 Å². The molecule has 2 atom stereocenters. The van der Waals surface area contributed by atoms with Crippen LogP contribution in [0.1, 0.15) is 32.6 Å². The first-order valence-electron chi connectivity index (χ1n) is 11.8. The summed E-state index contributed by atoms with van der Waals surface area (Å²) in [5.41, 5.74) is 1.68. The number of pyridine rings is 1. The SMILES string of the molecule is CC(CCCN(CCO)C(=O)OCCCC(=O)NC(C(=O)O)P(=O)(O)O)Nc1ccnc2cc(Cl)ccc12. The van der Waals surface area contributed by atoms with Gasteiger partial charge in [-0.25, -0.2) is 9.59 Å². The number of rotatable bonds is 15. The lowest BCUT2D eigenvalue weighted by atomic mass is 10.1. The molecule has 1 aromatic heterocycles. The molecule has 2 amide bonds. The summed E-state index contributed by atoms with van der Waals surface area (Å²) in [6.07, 6.45) is 2.02. The Bertz CT molecular complexity index is 1160. The van der Waals surface area contributed by atoms with Gasteiger partial charge in [-0.15, -0.1) is 0 Å². The number of ether oxygens (including phenoxy) is 1. The fraction of sp³-hybridized carbons (Fsp3) is 0.478. The molecule has 13 nitrogen and oxygen atoms in total. The molecule has 0 aliphatic rings. The van der Waals surface area contributed by atoms with Gasteiger partial charge in [0, 0.05) is 47.8 Å². The van der Waals surface area contributed by atoms with Crippen molar-refractivity contribution in [2.24, 2.45) is 0 Å². The van der Waals surface area contributed by atoms with Crippen LogP contribution in [-0.2, 0) is 18.9 Å². The van der Waals surface area contributed by atoms with Crippen LogP contribution in [0.4, 0.5) is 10.5 Å². The van der Waals surface area contributed by atoms with Crippen LogP contribution in [0.2, 0.25) is 5.02 Å². The second kappa shape index (κ2) is 14.8. The minimum absolute atomic E-state index is 0.00406. The van der Waals surface area contributed by atoms with Crippen LogP contribution in [0, 0.1) is 0 Å². The van der Waals surface area contributed by atoms with E-state index in [2.05, 4.69) is 10.3 Å². The average Bonchev–Trinajstić information content (AvgIpc) is 2.83. The second-order valence-corrected chi connectivity index (χ2v) is 10.7. The van der Waals surface area contributed by atoms with Gasteiger partial charge in [-0.3, -0.25) is 14.3 Å². The zero-order chi connectivity index (χ0) is 28.3. The minimum atomic E-state index is -5.07. The monoisotopic (exact) mass is 574 g/mol. The molecule has 0 saturated carbocycles. The number of carbonyl (C=O) groups excluding carboxylic acids is 2. The number of hydrogen-bond acceptors (Lipinski definition) is 8. The molecule has 15 heteroatoms.